The van der Waals surface area contributed by atoms with Crippen molar-refractivity contribution in [1.29, 1.82) is 0 Å². The summed E-state index contributed by atoms with van der Waals surface area (Å²) in [7, 11) is 0. The van der Waals surface area contributed by atoms with Gasteiger partial charge in [-0.25, -0.2) is 0 Å². The van der Waals surface area contributed by atoms with Crippen molar-refractivity contribution in [2.75, 3.05) is 5.32 Å². The van der Waals surface area contributed by atoms with Crippen molar-refractivity contribution in [3.05, 3.63) is 67.7 Å². The molecule has 0 aliphatic heterocycles. The minimum absolute atomic E-state index is 0.0882. The van der Waals surface area contributed by atoms with E-state index in [1.165, 1.54) is 11.1 Å². The first-order valence-electron chi connectivity index (χ1n) is 6.22. The summed E-state index contributed by atoms with van der Waals surface area (Å²) in [6.45, 7) is 4.67. The van der Waals surface area contributed by atoms with Gasteiger partial charge < -0.3 is 5.32 Å². The standard InChI is InChI=1S/C15H15BrN2O2/c1-10-4-3-5-14(11(10)2)17-9-12-6-7-13(16)15(8-12)18(19)20/h3-8,17H,9H2,1-2H3. The Hall–Kier alpha value is -1.88. The van der Waals surface area contributed by atoms with Crippen LogP contribution in [0.1, 0.15) is 16.7 Å². The maximum absolute atomic E-state index is 10.9. The second-order valence-electron chi connectivity index (χ2n) is 4.64. The SMILES string of the molecule is Cc1cccc(NCc2ccc(Br)c([N+](=O)[O-])c2)c1C. The molecule has 2 aromatic rings. The number of nitrogens with zero attached hydrogens (tertiary/aromatic N) is 1. The molecule has 4 nitrogen and oxygen atoms in total. The highest BCUT2D eigenvalue weighted by atomic mass is 79.9. The molecule has 104 valence electrons. The molecule has 1 N–H and O–H groups in total. The molecule has 0 radical (unpaired) electrons. The van der Waals surface area contributed by atoms with Crippen molar-refractivity contribution in [2.45, 2.75) is 20.4 Å². The minimum atomic E-state index is -0.383. The van der Waals surface area contributed by atoms with E-state index in [0.717, 1.165) is 11.3 Å². The van der Waals surface area contributed by atoms with Gasteiger partial charge in [0.25, 0.3) is 5.69 Å². The van der Waals surface area contributed by atoms with Gasteiger partial charge in [-0.3, -0.25) is 10.1 Å². The molecule has 0 spiro atoms. The Bertz CT molecular complexity index is 656. The number of rotatable bonds is 4. The average Bonchev–Trinajstić information content (AvgIpc) is 2.41. The van der Waals surface area contributed by atoms with Crippen LogP contribution in [0, 0.1) is 24.0 Å². The first-order chi connectivity index (χ1) is 9.49. The quantitative estimate of drug-likeness (QED) is 0.657. The van der Waals surface area contributed by atoms with Crippen molar-refractivity contribution in [3.63, 3.8) is 0 Å². The van der Waals surface area contributed by atoms with E-state index in [2.05, 4.69) is 41.2 Å². The van der Waals surface area contributed by atoms with E-state index in [9.17, 15) is 10.1 Å². The molecular formula is C15H15BrN2O2. The lowest BCUT2D eigenvalue weighted by Crippen LogP contribution is -2.02. The van der Waals surface area contributed by atoms with Crippen molar-refractivity contribution in [1.82, 2.24) is 0 Å². The monoisotopic (exact) mass is 334 g/mol. The normalized spacial score (nSPS) is 10.3. The molecule has 2 aromatic carbocycles. The highest BCUT2D eigenvalue weighted by Gasteiger charge is 2.12. The van der Waals surface area contributed by atoms with Crippen LogP contribution in [-0.2, 0) is 6.54 Å². The molecule has 0 fully saturated rings. The number of halogens is 1. The van der Waals surface area contributed by atoms with Crippen molar-refractivity contribution in [2.24, 2.45) is 0 Å². The third-order valence-corrected chi connectivity index (χ3v) is 3.97. The summed E-state index contributed by atoms with van der Waals surface area (Å²) in [5, 5.41) is 14.2. The van der Waals surface area contributed by atoms with Gasteiger partial charge in [-0.05, 0) is 58.6 Å². The van der Waals surface area contributed by atoms with Crippen LogP contribution < -0.4 is 5.32 Å². The van der Waals surface area contributed by atoms with E-state index in [4.69, 9.17) is 0 Å². The Morgan fingerprint density at radius 2 is 2.00 bits per heavy atom. The second-order valence-corrected chi connectivity index (χ2v) is 5.50. The zero-order valence-corrected chi connectivity index (χ0v) is 12.9. The summed E-state index contributed by atoms with van der Waals surface area (Å²) >= 11 is 3.19. The molecule has 0 saturated heterocycles. The fourth-order valence-electron chi connectivity index (χ4n) is 1.95. The van der Waals surface area contributed by atoms with Gasteiger partial charge in [0.2, 0.25) is 0 Å². The van der Waals surface area contributed by atoms with E-state index >= 15 is 0 Å². The smallest absolute Gasteiger partial charge is 0.283 e. The molecule has 0 aromatic heterocycles. The van der Waals surface area contributed by atoms with Crippen molar-refractivity contribution in [3.8, 4) is 0 Å². The number of anilines is 1. The molecule has 0 heterocycles. The van der Waals surface area contributed by atoms with Crippen LogP contribution in [0.15, 0.2) is 40.9 Å². The molecule has 0 aliphatic carbocycles. The average molecular weight is 335 g/mol. The maximum Gasteiger partial charge on any atom is 0.283 e. The number of nitrogens with one attached hydrogen (secondary N) is 1. The Labute approximate surface area is 126 Å². The largest absolute Gasteiger partial charge is 0.381 e. The molecule has 20 heavy (non-hydrogen) atoms. The van der Waals surface area contributed by atoms with Gasteiger partial charge in [-0.1, -0.05) is 18.2 Å². The molecule has 0 atom stereocenters. The highest BCUT2D eigenvalue weighted by Crippen LogP contribution is 2.26. The van der Waals surface area contributed by atoms with E-state index in [0.29, 0.717) is 11.0 Å². The fraction of sp³-hybridized carbons (Fsp3) is 0.200. The van der Waals surface area contributed by atoms with Crippen LogP contribution in [0.25, 0.3) is 0 Å². The van der Waals surface area contributed by atoms with Crippen LogP contribution >= 0.6 is 15.9 Å². The molecule has 0 aliphatic rings. The maximum atomic E-state index is 10.9. The number of hydrogen-bond donors (Lipinski definition) is 1. The van der Waals surface area contributed by atoms with Gasteiger partial charge in [0.1, 0.15) is 0 Å². The first kappa shape index (κ1) is 14.5. The summed E-state index contributed by atoms with van der Waals surface area (Å²) in [6, 6.07) is 11.2. The topological polar surface area (TPSA) is 55.2 Å². The van der Waals surface area contributed by atoms with E-state index in [1.807, 2.05) is 18.2 Å². The fourth-order valence-corrected chi connectivity index (χ4v) is 2.34. The Balaban J connectivity index is 2.17. The Morgan fingerprint density at radius 1 is 1.25 bits per heavy atom. The molecule has 5 heteroatoms. The van der Waals surface area contributed by atoms with E-state index < -0.39 is 0 Å². The lowest BCUT2D eigenvalue weighted by atomic mass is 10.1. The van der Waals surface area contributed by atoms with Crippen LogP contribution in [0.5, 0.6) is 0 Å². The molecule has 2 rings (SSSR count). The summed E-state index contributed by atoms with van der Waals surface area (Å²) in [5.74, 6) is 0. The number of benzene rings is 2. The van der Waals surface area contributed by atoms with Gasteiger partial charge >= 0.3 is 0 Å². The zero-order chi connectivity index (χ0) is 14.7. The molecule has 0 bridgehead atoms. The Morgan fingerprint density at radius 3 is 2.70 bits per heavy atom. The van der Waals surface area contributed by atoms with Gasteiger partial charge in [0, 0.05) is 18.3 Å². The molecular weight excluding hydrogens is 320 g/mol. The van der Waals surface area contributed by atoms with E-state index in [1.54, 1.807) is 12.1 Å². The molecule has 0 saturated carbocycles. The van der Waals surface area contributed by atoms with Crippen LogP contribution in [0.4, 0.5) is 11.4 Å². The zero-order valence-electron chi connectivity index (χ0n) is 11.3. The summed E-state index contributed by atoms with van der Waals surface area (Å²) < 4.78 is 0.498. The number of nitro groups is 1. The lowest BCUT2D eigenvalue weighted by Gasteiger charge is -2.11. The predicted molar refractivity (Wildman–Crippen MR) is 84.0 cm³/mol. The third kappa shape index (κ3) is 3.17. The summed E-state index contributed by atoms with van der Waals surface area (Å²) in [5.41, 5.74) is 4.43. The third-order valence-electron chi connectivity index (χ3n) is 3.29. The van der Waals surface area contributed by atoms with Gasteiger partial charge in [-0.2, -0.15) is 0 Å². The van der Waals surface area contributed by atoms with Crippen molar-refractivity contribution >= 4 is 27.3 Å². The van der Waals surface area contributed by atoms with E-state index in [-0.39, 0.29) is 10.6 Å². The van der Waals surface area contributed by atoms with Crippen molar-refractivity contribution < 1.29 is 4.92 Å². The number of aryl methyl sites for hydroxylation is 1. The number of hydrogen-bond acceptors (Lipinski definition) is 3. The van der Waals surface area contributed by atoms with Crippen LogP contribution in [0.2, 0.25) is 0 Å². The first-order valence-corrected chi connectivity index (χ1v) is 7.01. The van der Waals surface area contributed by atoms with Gasteiger partial charge in [-0.15, -0.1) is 0 Å². The van der Waals surface area contributed by atoms with Crippen LogP contribution in [0.3, 0.4) is 0 Å². The predicted octanol–water partition coefficient (Wildman–Crippen LogP) is 4.59. The number of nitro benzene ring substituents is 1. The second kappa shape index (κ2) is 6.05. The highest BCUT2D eigenvalue weighted by molar-refractivity contribution is 9.10. The summed E-state index contributed by atoms with van der Waals surface area (Å²) in [4.78, 5) is 10.5. The lowest BCUT2D eigenvalue weighted by molar-refractivity contribution is -0.385. The summed E-state index contributed by atoms with van der Waals surface area (Å²) in [6.07, 6.45) is 0. The van der Waals surface area contributed by atoms with Crippen LogP contribution in [-0.4, -0.2) is 4.92 Å². The minimum Gasteiger partial charge on any atom is -0.381 e. The molecule has 0 amide bonds. The molecule has 0 unspecified atom stereocenters. The Kier molecular flexibility index (Phi) is 4.39. The van der Waals surface area contributed by atoms with Gasteiger partial charge in [0.05, 0.1) is 9.40 Å². The van der Waals surface area contributed by atoms with Gasteiger partial charge in [0.15, 0.2) is 0 Å².